The summed E-state index contributed by atoms with van der Waals surface area (Å²) in [6, 6.07) is 8.37. The van der Waals surface area contributed by atoms with E-state index < -0.39 is 41.5 Å². The van der Waals surface area contributed by atoms with Gasteiger partial charge in [-0.3, -0.25) is 14.4 Å². The van der Waals surface area contributed by atoms with E-state index >= 15 is 0 Å². The topological polar surface area (TPSA) is 78.5 Å². The molecular formula is C22H22F3N3O3. The number of nitrogens with zero attached hydrogens (tertiary/aromatic N) is 1. The van der Waals surface area contributed by atoms with Crippen LogP contribution < -0.4 is 10.6 Å². The van der Waals surface area contributed by atoms with E-state index in [0.717, 1.165) is 6.07 Å². The van der Waals surface area contributed by atoms with E-state index in [1.165, 1.54) is 17.9 Å². The minimum Gasteiger partial charge on any atom is -0.330 e. The van der Waals surface area contributed by atoms with Gasteiger partial charge < -0.3 is 15.5 Å². The Labute approximate surface area is 177 Å². The first-order valence-electron chi connectivity index (χ1n) is 9.49. The highest BCUT2D eigenvalue weighted by molar-refractivity contribution is 5.98. The van der Waals surface area contributed by atoms with Crippen molar-refractivity contribution in [2.75, 3.05) is 23.7 Å². The maximum atomic E-state index is 13.7. The summed E-state index contributed by atoms with van der Waals surface area (Å²) in [5.74, 6) is -5.96. The molecule has 6 nitrogen and oxygen atoms in total. The van der Waals surface area contributed by atoms with Crippen molar-refractivity contribution in [1.29, 1.82) is 0 Å². The molecule has 0 aliphatic carbocycles. The third kappa shape index (κ3) is 6.98. The molecule has 2 N–H and O–H groups in total. The minimum atomic E-state index is -1.69. The molecule has 2 aromatic rings. The highest BCUT2D eigenvalue weighted by Gasteiger charge is 2.18. The van der Waals surface area contributed by atoms with Crippen LogP contribution in [-0.4, -0.2) is 35.7 Å². The normalized spacial score (nSPS) is 10.7. The van der Waals surface area contributed by atoms with Crippen molar-refractivity contribution in [3.63, 3.8) is 0 Å². The number of hydrogen-bond donors (Lipinski definition) is 2. The fourth-order valence-corrected chi connectivity index (χ4v) is 2.68. The number of anilines is 2. The predicted molar refractivity (Wildman–Crippen MR) is 112 cm³/mol. The van der Waals surface area contributed by atoms with Crippen molar-refractivity contribution in [2.45, 2.75) is 20.3 Å². The average molecular weight is 433 g/mol. The second-order valence-corrected chi connectivity index (χ2v) is 6.67. The summed E-state index contributed by atoms with van der Waals surface area (Å²) in [4.78, 5) is 37.0. The minimum absolute atomic E-state index is 0.199. The van der Waals surface area contributed by atoms with Crippen LogP contribution in [0.25, 0.3) is 6.08 Å². The summed E-state index contributed by atoms with van der Waals surface area (Å²) in [7, 11) is 0. The molecule has 0 radical (unpaired) electrons. The molecular weight excluding hydrogens is 411 g/mol. The van der Waals surface area contributed by atoms with E-state index in [0.29, 0.717) is 23.7 Å². The zero-order valence-electron chi connectivity index (χ0n) is 17.0. The summed E-state index contributed by atoms with van der Waals surface area (Å²) in [5.41, 5.74) is 0.805. The van der Waals surface area contributed by atoms with Crippen LogP contribution in [0.2, 0.25) is 0 Å². The number of rotatable bonds is 8. The van der Waals surface area contributed by atoms with Gasteiger partial charge in [-0.05, 0) is 42.3 Å². The zero-order chi connectivity index (χ0) is 23.0. The van der Waals surface area contributed by atoms with Gasteiger partial charge in [0.15, 0.2) is 17.5 Å². The van der Waals surface area contributed by atoms with Gasteiger partial charge in [0.1, 0.15) is 6.54 Å². The van der Waals surface area contributed by atoms with Crippen molar-refractivity contribution < 1.29 is 27.6 Å². The molecule has 0 spiro atoms. The third-order valence-electron chi connectivity index (χ3n) is 4.10. The SMILES string of the molecule is CCCN(CC(=O)Nc1ccc(F)c(F)c1F)C(=O)/C=C/c1ccc(NC(C)=O)cc1. The first-order chi connectivity index (χ1) is 14.7. The standard InChI is InChI=1S/C22H22F3N3O3/c1-3-12-28(13-19(30)27-18-10-9-17(23)21(24)22(18)25)20(31)11-6-15-4-7-16(8-5-15)26-14(2)29/h4-11H,3,12-13H2,1-2H3,(H,26,29)(H,27,30)/b11-6+. The number of hydrogen-bond acceptors (Lipinski definition) is 3. The van der Waals surface area contributed by atoms with Crippen LogP contribution in [0, 0.1) is 17.5 Å². The smallest absolute Gasteiger partial charge is 0.247 e. The van der Waals surface area contributed by atoms with Gasteiger partial charge in [-0.1, -0.05) is 19.1 Å². The Kier molecular flexibility index (Phi) is 8.36. The van der Waals surface area contributed by atoms with E-state index in [1.807, 2.05) is 6.92 Å². The molecule has 0 bridgehead atoms. The Hall–Kier alpha value is -3.62. The Morgan fingerprint density at radius 2 is 1.65 bits per heavy atom. The third-order valence-corrected chi connectivity index (χ3v) is 4.10. The van der Waals surface area contributed by atoms with Gasteiger partial charge in [0.05, 0.1) is 5.69 Å². The Morgan fingerprint density at radius 3 is 2.26 bits per heavy atom. The maximum Gasteiger partial charge on any atom is 0.247 e. The molecule has 31 heavy (non-hydrogen) atoms. The van der Waals surface area contributed by atoms with Crippen molar-refractivity contribution in [3.8, 4) is 0 Å². The lowest BCUT2D eigenvalue weighted by atomic mass is 10.2. The van der Waals surface area contributed by atoms with E-state index in [9.17, 15) is 27.6 Å². The van der Waals surface area contributed by atoms with Gasteiger partial charge in [0.25, 0.3) is 0 Å². The lowest BCUT2D eigenvalue weighted by molar-refractivity contribution is -0.130. The average Bonchev–Trinajstić information content (AvgIpc) is 2.72. The number of carbonyl (C=O) groups is 3. The van der Waals surface area contributed by atoms with Crippen LogP contribution in [-0.2, 0) is 14.4 Å². The van der Waals surface area contributed by atoms with Crippen LogP contribution >= 0.6 is 0 Å². The maximum absolute atomic E-state index is 13.7. The molecule has 0 atom stereocenters. The zero-order valence-corrected chi connectivity index (χ0v) is 17.0. The largest absolute Gasteiger partial charge is 0.330 e. The Morgan fingerprint density at radius 1 is 0.968 bits per heavy atom. The molecule has 0 saturated carbocycles. The molecule has 9 heteroatoms. The number of nitrogens with one attached hydrogen (secondary N) is 2. The molecule has 164 valence electrons. The molecule has 2 rings (SSSR count). The quantitative estimate of drug-likeness (QED) is 0.489. The molecule has 0 aliphatic heterocycles. The van der Waals surface area contributed by atoms with Crippen LogP contribution in [0.5, 0.6) is 0 Å². The van der Waals surface area contributed by atoms with Gasteiger partial charge in [0, 0.05) is 25.2 Å². The van der Waals surface area contributed by atoms with Gasteiger partial charge in [-0.25, -0.2) is 13.2 Å². The molecule has 3 amide bonds. The molecule has 0 fully saturated rings. The van der Waals surface area contributed by atoms with Gasteiger partial charge in [-0.15, -0.1) is 0 Å². The van der Waals surface area contributed by atoms with Crippen LogP contribution in [0.3, 0.4) is 0 Å². The molecule has 0 aromatic heterocycles. The van der Waals surface area contributed by atoms with E-state index in [-0.39, 0.29) is 12.5 Å². The Bertz CT molecular complexity index is 991. The fraction of sp³-hybridized carbons (Fsp3) is 0.227. The number of halogens is 3. The molecule has 0 unspecified atom stereocenters. The van der Waals surface area contributed by atoms with Crippen LogP contribution in [0.4, 0.5) is 24.5 Å². The number of amides is 3. The van der Waals surface area contributed by atoms with Gasteiger partial charge >= 0.3 is 0 Å². The summed E-state index contributed by atoms with van der Waals surface area (Å²) in [6.07, 6.45) is 3.40. The molecule has 0 aliphatic rings. The van der Waals surface area contributed by atoms with Gasteiger partial charge in [0.2, 0.25) is 17.7 Å². The summed E-state index contributed by atoms with van der Waals surface area (Å²) < 4.78 is 40.0. The second kappa shape index (κ2) is 11.0. The lowest BCUT2D eigenvalue weighted by Gasteiger charge is -2.20. The fourth-order valence-electron chi connectivity index (χ4n) is 2.68. The monoisotopic (exact) mass is 433 g/mol. The number of carbonyl (C=O) groups excluding carboxylic acids is 3. The van der Waals surface area contributed by atoms with E-state index in [2.05, 4.69) is 10.6 Å². The predicted octanol–water partition coefficient (Wildman–Crippen LogP) is 3.95. The van der Waals surface area contributed by atoms with E-state index in [1.54, 1.807) is 30.3 Å². The summed E-state index contributed by atoms with van der Waals surface area (Å²) in [5, 5.41) is 4.77. The first-order valence-corrected chi connectivity index (χ1v) is 9.49. The summed E-state index contributed by atoms with van der Waals surface area (Å²) in [6.45, 7) is 3.08. The van der Waals surface area contributed by atoms with Crippen LogP contribution in [0.1, 0.15) is 25.8 Å². The van der Waals surface area contributed by atoms with Crippen molar-refractivity contribution >= 4 is 35.2 Å². The van der Waals surface area contributed by atoms with Crippen molar-refractivity contribution in [3.05, 3.63) is 65.5 Å². The molecule has 0 saturated heterocycles. The highest BCUT2D eigenvalue weighted by atomic mass is 19.2. The van der Waals surface area contributed by atoms with Crippen molar-refractivity contribution in [2.24, 2.45) is 0 Å². The lowest BCUT2D eigenvalue weighted by Crippen LogP contribution is -2.37. The summed E-state index contributed by atoms with van der Waals surface area (Å²) >= 11 is 0. The Balaban J connectivity index is 2.03. The van der Waals surface area contributed by atoms with Crippen molar-refractivity contribution in [1.82, 2.24) is 4.90 Å². The highest BCUT2D eigenvalue weighted by Crippen LogP contribution is 2.19. The molecule has 0 heterocycles. The molecule has 2 aromatic carbocycles. The number of benzene rings is 2. The van der Waals surface area contributed by atoms with Crippen LogP contribution in [0.15, 0.2) is 42.5 Å². The first kappa shape index (κ1) is 23.7. The van der Waals surface area contributed by atoms with E-state index in [4.69, 9.17) is 0 Å². The second-order valence-electron chi connectivity index (χ2n) is 6.67. The van der Waals surface area contributed by atoms with Gasteiger partial charge in [-0.2, -0.15) is 0 Å².